The second-order valence-corrected chi connectivity index (χ2v) is 4.57. The van der Waals surface area contributed by atoms with E-state index in [1.54, 1.807) is 6.92 Å². The molecule has 1 rings (SSSR count). The largest absolute Gasteiger partial charge is 0.480 e. The van der Waals surface area contributed by atoms with Crippen molar-refractivity contribution in [2.24, 2.45) is 0 Å². The van der Waals surface area contributed by atoms with Crippen LogP contribution in [0.25, 0.3) is 0 Å². The lowest BCUT2D eigenvalue weighted by atomic mass is 9.91. The van der Waals surface area contributed by atoms with Crippen LogP contribution in [0.4, 0.5) is 0 Å². The Labute approximate surface area is 118 Å². The molecule has 0 fully saturated rings. The van der Waals surface area contributed by atoms with E-state index in [0.29, 0.717) is 19.6 Å². The van der Waals surface area contributed by atoms with Crippen LogP contribution in [0.5, 0.6) is 0 Å². The third-order valence-electron chi connectivity index (χ3n) is 3.17. The molecule has 0 radical (unpaired) electrons. The predicted molar refractivity (Wildman–Crippen MR) is 75.5 cm³/mol. The molecule has 0 aliphatic heterocycles. The topological polar surface area (TPSA) is 75.6 Å². The van der Waals surface area contributed by atoms with E-state index in [1.165, 1.54) is 0 Å². The Morgan fingerprint density at radius 2 is 2.10 bits per heavy atom. The lowest BCUT2D eigenvalue weighted by molar-refractivity contribution is -0.139. The summed E-state index contributed by atoms with van der Waals surface area (Å²) in [6.45, 7) is 4.17. The van der Waals surface area contributed by atoms with Gasteiger partial charge in [-0.3, -0.25) is 9.59 Å². The third kappa shape index (κ3) is 4.15. The number of aldehydes is 1. The monoisotopic (exact) mass is 279 g/mol. The highest BCUT2D eigenvalue weighted by Crippen LogP contribution is 2.27. The number of carbonyl (C=O) groups excluding carboxylic acids is 1. The minimum Gasteiger partial charge on any atom is -0.480 e. The Kier molecular flexibility index (Phi) is 6.35. The summed E-state index contributed by atoms with van der Waals surface area (Å²) in [6, 6.07) is 8.59. The average molecular weight is 279 g/mol. The van der Waals surface area contributed by atoms with Crippen LogP contribution in [-0.4, -0.2) is 36.6 Å². The number of carboxylic acids is 1. The molecule has 5 heteroatoms. The van der Waals surface area contributed by atoms with Crippen molar-refractivity contribution < 1.29 is 19.4 Å². The van der Waals surface area contributed by atoms with Gasteiger partial charge in [-0.15, -0.1) is 0 Å². The molecular weight excluding hydrogens is 258 g/mol. The highest BCUT2D eigenvalue weighted by Gasteiger charge is 2.32. The van der Waals surface area contributed by atoms with Gasteiger partial charge in [-0.1, -0.05) is 30.3 Å². The van der Waals surface area contributed by atoms with Crippen LogP contribution in [0.15, 0.2) is 30.3 Å². The molecule has 0 saturated heterocycles. The van der Waals surface area contributed by atoms with E-state index in [2.05, 4.69) is 5.32 Å². The number of nitrogens with one attached hydrogen (secondary N) is 1. The van der Waals surface area contributed by atoms with Crippen LogP contribution in [-0.2, 0) is 19.9 Å². The first kappa shape index (κ1) is 16.3. The maximum atomic E-state index is 11.6. The van der Waals surface area contributed by atoms with E-state index >= 15 is 0 Å². The van der Waals surface area contributed by atoms with Gasteiger partial charge in [0.05, 0.1) is 0 Å². The fourth-order valence-electron chi connectivity index (χ4n) is 2.00. The quantitative estimate of drug-likeness (QED) is 0.671. The summed E-state index contributed by atoms with van der Waals surface area (Å²) >= 11 is 0. The maximum Gasteiger partial charge on any atom is 0.320 e. The fourth-order valence-corrected chi connectivity index (χ4v) is 2.00. The van der Waals surface area contributed by atoms with E-state index in [9.17, 15) is 9.59 Å². The third-order valence-corrected chi connectivity index (χ3v) is 3.17. The van der Waals surface area contributed by atoms with Crippen molar-refractivity contribution in [3.63, 3.8) is 0 Å². The van der Waals surface area contributed by atoms with Gasteiger partial charge in [0.2, 0.25) is 0 Å². The number of rotatable bonds is 9. The van der Waals surface area contributed by atoms with Gasteiger partial charge in [-0.2, -0.15) is 0 Å². The summed E-state index contributed by atoms with van der Waals surface area (Å²) < 4.78 is 5.65. The highest BCUT2D eigenvalue weighted by molar-refractivity contribution is 5.72. The zero-order valence-corrected chi connectivity index (χ0v) is 11.8. The van der Waals surface area contributed by atoms with Crippen molar-refractivity contribution in [3.8, 4) is 0 Å². The van der Waals surface area contributed by atoms with Crippen LogP contribution < -0.4 is 5.32 Å². The van der Waals surface area contributed by atoms with Crippen LogP contribution >= 0.6 is 0 Å². The minimum atomic E-state index is -1.03. The van der Waals surface area contributed by atoms with Gasteiger partial charge in [0.25, 0.3) is 0 Å². The molecule has 1 aromatic carbocycles. The van der Waals surface area contributed by atoms with Crippen molar-refractivity contribution in [1.82, 2.24) is 5.32 Å². The molecule has 0 saturated carbocycles. The Bertz CT molecular complexity index is 435. The molecule has 0 bridgehead atoms. The van der Waals surface area contributed by atoms with Crippen molar-refractivity contribution in [3.05, 3.63) is 35.9 Å². The van der Waals surface area contributed by atoms with Crippen LogP contribution in [0.3, 0.4) is 0 Å². The molecule has 0 spiro atoms. The van der Waals surface area contributed by atoms with Gasteiger partial charge in [0.15, 0.2) is 6.29 Å². The summed E-state index contributed by atoms with van der Waals surface area (Å²) in [5, 5.41) is 11.7. The van der Waals surface area contributed by atoms with E-state index in [1.807, 2.05) is 37.3 Å². The molecule has 0 amide bonds. The first-order valence-corrected chi connectivity index (χ1v) is 6.67. The van der Waals surface area contributed by atoms with Gasteiger partial charge in [0, 0.05) is 6.61 Å². The molecule has 2 atom stereocenters. The molecule has 0 aliphatic carbocycles. The van der Waals surface area contributed by atoms with Gasteiger partial charge in [-0.05, 0) is 32.4 Å². The lowest BCUT2D eigenvalue weighted by Gasteiger charge is -2.29. The van der Waals surface area contributed by atoms with Gasteiger partial charge in [0.1, 0.15) is 11.6 Å². The molecule has 5 nitrogen and oxygen atoms in total. The summed E-state index contributed by atoms with van der Waals surface area (Å²) in [6.07, 6.45) is 1.17. The number of benzene rings is 1. The van der Waals surface area contributed by atoms with Gasteiger partial charge >= 0.3 is 5.97 Å². The lowest BCUT2D eigenvalue weighted by Crippen LogP contribution is -2.40. The standard InChI is InChI=1S/C15H21NO4/c1-3-20-15(11-17,13-7-5-4-6-8-13)9-10-16-12(2)14(18)19/h4-8,11-12,16H,3,9-10H2,1-2H3,(H,18,19)/t12-,15?/m0/s1. The van der Waals surface area contributed by atoms with E-state index in [-0.39, 0.29) is 0 Å². The molecule has 0 aromatic heterocycles. The van der Waals surface area contributed by atoms with E-state index < -0.39 is 17.6 Å². The average Bonchev–Trinajstić information content (AvgIpc) is 2.47. The number of carboxylic acid groups (broad SMARTS) is 1. The predicted octanol–water partition coefficient (Wildman–Crippen LogP) is 1.57. The maximum absolute atomic E-state index is 11.6. The Morgan fingerprint density at radius 1 is 1.45 bits per heavy atom. The zero-order valence-electron chi connectivity index (χ0n) is 11.8. The number of carbonyl (C=O) groups is 2. The second-order valence-electron chi connectivity index (χ2n) is 4.57. The number of hydrogen-bond donors (Lipinski definition) is 2. The summed E-state index contributed by atoms with van der Waals surface area (Å²) in [4.78, 5) is 22.3. The molecule has 20 heavy (non-hydrogen) atoms. The fraction of sp³-hybridized carbons (Fsp3) is 0.467. The molecule has 110 valence electrons. The van der Waals surface area contributed by atoms with Crippen molar-refractivity contribution in [1.29, 1.82) is 0 Å². The number of ether oxygens (including phenoxy) is 1. The zero-order chi connectivity index (χ0) is 15.0. The Balaban J connectivity index is 2.79. The molecule has 0 aliphatic rings. The van der Waals surface area contributed by atoms with Crippen LogP contribution in [0, 0.1) is 0 Å². The van der Waals surface area contributed by atoms with Crippen molar-refractivity contribution in [2.75, 3.05) is 13.2 Å². The first-order valence-electron chi connectivity index (χ1n) is 6.67. The summed E-state index contributed by atoms with van der Waals surface area (Å²) in [5.41, 5.74) is -0.247. The van der Waals surface area contributed by atoms with Gasteiger partial charge < -0.3 is 15.2 Å². The summed E-state index contributed by atoms with van der Waals surface area (Å²) in [7, 11) is 0. The van der Waals surface area contributed by atoms with Gasteiger partial charge in [-0.25, -0.2) is 0 Å². The van der Waals surface area contributed by atoms with Crippen LogP contribution in [0.2, 0.25) is 0 Å². The van der Waals surface area contributed by atoms with Crippen molar-refractivity contribution >= 4 is 12.3 Å². The number of aliphatic carboxylic acids is 1. The van der Waals surface area contributed by atoms with Crippen LogP contribution in [0.1, 0.15) is 25.8 Å². The molecule has 2 N–H and O–H groups in total. The molecule has 1 aromatic rings. The second kappa shape index (κ2) is 7.77. The van der Waals surface area contributed by atoms with Crippen molar-refractivity contribution in [2.45, 2.75) is 31.9 Å². The molecular formula is C15H21NO4. The van der Waals surface area contributed by atoms with E-state index in [0.717, 1.165) is 11.8 Å². The highest BCUT2D eigenvalue weighted by atomic mass is 16.5. The number of hydrogen-bond acceptors (Lipinski definition) is 4. The normalized spacial score (nSPS) is 15.3. The van der Waals surface area contributed by atoms with E-state index in [4.69, 9.17) is 9.84 Å². The summed E-state index contributed by atoms with van der Waals surface area (Å²) in [5.74, 6) is -0.919. The Hall–Kier alpha value is -1.72. The SMILES string of the molecule is CCOC(C=O)(CCN[C@@H](C)C(=O)O)c1ccccc1. The Morgan fingerprint density at radius 3 is 2.60 bits per heavy atom. The smallest absolute Gasteiger partial charge is 0.320 e. The first-order chi connectivity index (χ1) is 9.55. The minimum absolute atomic E-state index is 0.376. The molecule has 1 unspecified atom stereocenters. The molecule has 0 heterocycles.